The SMILES string of the molecule is COC(=O)COc1ccc(NC(=O)c2cc(F)c(Cl)cc2Cl)c(C)c1. The van der Waals surface area contributed by atoms with E-state index in [9.17, 15) is 14.0 Å². The number of carbonyl (C=O) groups is 2. The molecule has 0 unspecified atom stereocenters. The first kappa shape index (κ1) is 19.0. The van der Waals surface area contributed by atoms with E-state index in [0.717, 1.165) is 6.07 Å². The van der Waals surface area contributed by atoms with Crippen molar-refractivity contribution < 1.29 is 23.5 Å². The van der Waals surface area contributed by atoms with Crippen molar-refractivity contribution in [2.24, 2.45) is 0 Å². The van der Waals surface area contributed by atoms with Crippen LogP contribution < -0.4 is 10.1 Å². The van der Waals surface area contributed by atoms with Crippen LogP contribution in [-0.2, 0) is 9.53 Å². The van der Waals surface area contributed by atoms with Gasteiger partial charge >= 0.3 is 5.97 Å². The van der Waals surface area contributed by atoms with Gasteiger partial charge in [-0.2, -0.15) is 0 Å². The van der Waals surface area contributed by atoms with Crippen molar-refractivity contribution in [2.75, 3.05) is 19.0 Å². The number of amides is 1. The molecular formula is C17H14Cl2FNO4. The third-order valence-corrected chi connectivity index (χ3v) is 3.89. The molecule has 0 bridgehead atoms. The van der Waals surface area contributed by atoms with Crippen LogP contribution in [-0.4, -0.2) is 25.6 Å². The molecule has 5 nitrogen and oxygen atoms in total. The Morgan fingerprint density at radius 1 is 1.16 bits per heavy atom. The molecule has 0 aliphatic carbocycles. The number of methoxy groups -OCH3 is 1. The molecule has 2 rings (SSSR count). The second-order valence-electron chi connectivity index (χ2n) is 5.04. The molecule has 1 N–H and O–H groups in total. The van der Waals surface area contributed by atoms with Gasteiger partial charge in [-0.05, 0) is 42.8 Å². The van der Waals surface area contributed by atoms with Crippen LogP contribution in [0.2, 0.25) is 10.0 Å². The Labute approximate surface area is 153 Å². The maximum absolute atomic E-state index is 13.5. The van der Waals surface area contributed by atoms with E-state index in [4.69, 9.17) is 27.9 Å². The van der Waals surface area contributed by atoms with Gasteiger partial charge in [0.25, 0.3) is 5.91 Å². The summed E-state index contributed by atoms with van der Waals surface area (Å²) in [5.74, 6) is -1.38. The average molecular weight is 386 g/mol. The van der Waals surface area contributed by atoms with Crippen LogP contribution in [0.1, 0.15) is 15.9 Å². The Hall–Kier alpha value is -2.31. The summed E-state index contributed by atoms with van der Waals surface area (Å²) in [5, 5.41) is 2.52. The lowest BCUT2D eigenvalue weighted by atomic mass is 10.1. The number of nitrogens with one attached hydrogen (secondary N) is 1. The van der Waals surface area contributed by atoms with Crippen LogP contribution in [0.5, 0.6) is 5.75 Å². The van der Waals surface area contributed by atoms with E-state index in [1.165, 1.54) is 13.2 Å². The largest absolute Gasteiger partial charge is 0.482 e. The first-order valence-corrected chi connectivity index (χ1v) is 7.83. The molecule has 0 aliphatic heterocycles. The molecule has 0 heterocycles. The van der Waals surface area contributed by atoms with E-state index in [0.29, 0.717) is 17.0 Å². The first-order valence-electron chi connectivity index (χ1n) is 7.08. The van der Waals surface area contributed by atoms with Gasteiger partial charge in [-0.3, -0.25) is 4.79 Å². The Bertz CT molecular complexity index is 827. The summed E-state index contributed by atoms with van der Waals surface area (Å²) in [7, 11) is 1.26. The van der Waals surface area contributed by atoms with Gasteiger partial charge in [-0.25, -0.2) is 9.18 Å². The Morgan fingerprint density at radius 2 is 1.88 bits per heavy atom. The summed E-state index contributed by atoms with van der Waals surface area (Å²) in [6, 6.07) is 6.96. The van der Waals surface area contributed by atoms with Crippen molar-refractivity contribution in [3.63, 3.8) is 0 Å². The van der Waals surface area contributed by atoms with Crippen LogP contribution in [0.3, 0.4) is 0 Å². The molecule has 0 aromatic heterocycles. The van der Waals surface area contributed by atoms with Gasteiger partial charge in [0.1, 0.15) is 11.6 Å². The standard InChI is InChI=1S/C17H14Cl2FNO4/c1-9-5-10(25-8-16(22)24-2)3-4-15(9)21-17(23)11-6-14(20)13(19)7-12(11)18/h3-7H,8H2,1-2H3,(H,21,23). The lowest BCUT2D eigenvalue weighted by molar-refractivity contribution is -0.142. The van der Waals surface area contributed by atoms with Crippen molar-refractivity contribution >= 4 is 40.8 Å². The van der Waals surface area contributed by atoms with Crippen molar-refractivity contribution in [3.05, 3.63) is 57.3 Å². The van der Waals surface area contributed by atoms with E-state index in [2.05, 4.69) is 10.1 Å². The summed E-state index contributed by atoms with van der Waals surface area (Å²) >= 11 is 11.6. The molecule has 2 aromatic carbocycles. The lowest BCUT2D eigenvalue weighted by Gasteiger charge is -2.12. The fourth-order valence-corrected chi connectivity index (χ4v) is 2.42. The van der Waals surface area contributed by atoms with Gasteiger partial charge in [0, 0.05) is 5.69 Å². The number of anilines is 1. The number of hydrogen-bond acceptors (Lipinski definition) is 4. The summed E-state index contributed by atoms with van der Waals surface area (Å²) in [4.78, 5) is 23.4. The number of ether oxygens (including phenoxy) is 2. The molecule has 0 saturated carbocycles. The van der Waals surface area contributed by atoms with Crippen molar-refractivity contribution in [3.8, 4) is 5.75 Å². The summed E-state index contributed by atoms with van der Waals surface area (Å²) in [6.45, 7) is 1.52. The molecule has 0 atom stereocenters. The number of carbonyl (C=O) groups excluding carboxylic acids is 2. The smallest absolute Gasteiger partial charge is 0.343 e. The highest BCUT2D eigenvalue weighted by atomic mass is 35.5. The second kappa shape index (κ2) is 8.18. The van der Waals surface area contributed by atoms with Crippen molar-refractivity contribution in [2.45, 2.75) is 6.92 Å². The zero-order valence-electron chi connectivity index (χ0n) is 13.4. The summed E-state index contributed by atoms with van der Waals surface area (Å²) in [5.41, 5.74) is 1.14. The maximum Gasteiger partial charge on any atom is 0.343 e. The minimum absolute atomic E-state index is 0.0333. The van der Waals surface area contributed by atoms with Crippen LogP contribution in [0.15, 0.2) is 30.3 Å². The number of aryl methyl sites for hydroxylation is 1. The molecule has 0 aliphatic rings. The predicted molar refractivity (Wildman–Crippen MR) is 93.1 cm³/mol. The fourth-order valence-electron chi connectivity index (χ4n) is 1.95. The van der Waals surface area contributed by atoms with Gasteiger partial charge in [0.2, 0.25) is 0 Å². The van der Waals surface area contributed by atoms with Gasteiger partial charge in [-0.15, -0.1) is 0 Å². The van der Waals surface area contributed by atoms with Gasteiger partial charge in [0.05, 0.1) is 22.7 Å². The monoisotopic (exact) mass is 385 g/mol. The average Bonchev–Trinajstić information content (AvgIpc) is 2.57. The van der Waals surface area contributed by atoms with E-state index in [-0.39, 0.29) is 22.2 Å². The van der Waals surface area contributed by atoms with E-state index < -0.39 is 17.7 Å². The number of benzene rings is 2. The molecule has 0 radical (unpaired) electrons. The Balaban J connectivity index is 2.13. The molecule has 0 saturated heterocycles. The Morgan fingerprint density at radius 3 is 2.52 bits per heavy atom. The number of halogens is 3. The first-order chi connectivity index (χ1) is 11.8. The molecule has 0 spiro atoms. The van der Waals surface area contributed by atoms with Crippen LogP contribution in [0.4, 0.5) is 10.1 Å². The predicted octanol–water partition coefficient (Wildman–Crippen LogP) is 4.25. The molecule has 0 fully saturated rings. The topological polar surface area (TPSA) is 64.6 Å². The normalized spacial score (nSPS) is 10.3. The summed E-state index contributed by atoms with van der Waals surface area (Å²) < 4.78 is 23.3. The van der Waals surface area contributed by atoms with E-state index in [1.807, 2.05) is 0 Å². The van der Waals surface area contributed by atoms with Gasteiger partial charge in [0.15, 0.2) is 6.61 Å². The van der Waals surface area contributed by atoms with E-state index >= 15 is 0 Å². The van der Waals surface area contributed by atoms with Crippen LogP contribution in [0.25, 0.3) is 0 Å². The zero-order chi connectivity index (χ0) is 18.6. The number of esters is 1. The summed E-state index contributed by atoms with van der Waals surface area (Å²) in [6.07, 6.45) is 0. The minimum atomic E-state index is -0.737. The molecular weight excluding hydrogens is 372 g/mol. The maximum atomic E-state index is 13.5. The molecule has 2 aromatic rings. The molecule has 1 amide bonds. The van der Waals surface area contributed by atoms with Crippen molar-refractivity contribution in [1.82, 2.24) is 0 Å². The van der Waals surface area contributed by atoms with Crippen molar-refractivity contribution in [1.29, 1.82) is 0 Å². The third-order valence-electron chi connectivity index (χ3n) is 3.29. The highest BCUT2D eigenvalue weighted by molar-refractivity contribution is 6.37. The zero-order valence-corrected chi connectivity index (χ0v) is 14.9. The van der Waals surface area contributed by atoms with Crippen LogP contribution in [0, 0.1) is 12.7 Å². The van der Waals surface area contributed by atoms with E-state index in [1.54, 1.807) is 25.1 Å². The highest BCUT2D eigenvalue weighted by Crippen LogP contribution is 2.26. The second-order valence-corrected chi connectivity index (χ2v) is 5.86. The molecule has 8 heteroatoms. The van der Waals surface area contributed by atoms with Gasteiger partial charge < -0.3 is 14.8 Å². The highest BCUT2D eigenvalue weighted by Gasteiger charge is 2.15. The Kier molecular flexibility index (Phi) is 6.22. The lowest BCUT2D eigenvalue weighted by Crippen LogP contribution is -2.14. The number of hydrogen-bond donors (Lipinski definition) is 1. The molecule has 25 heavy (non-hydrogen) atoms. The van der Waals surface area contributed by atoms with Crippen LogP contribution >= 0.6 is 23.2 Å². The quantitative estimate of drug-likeness (QED) is 0.617. The molecule has 132 valence electrons. The fraction of sp³-hybridized carbons (Fsp3) is 0.176. The van der Waals surface area contributed by atoms with Gasteiger partial charge in [-0.1, -0.05) is 23.2 Å². The third kappa shape index (κ3) is 4.84. The number of rotatable bonds is 5. The minimum Gasteiger partial charge on any atom is -0.482 e.